The first kappa shape index (κ1) is 11.4. The molecule has 1 nitrogen and oxygen atoms in total. The largest absolute Gasteiger partial charge is 0.361 e. The van der Waals surface area contributed by atoms with Crippen molar-refractivity contribution in [3.05, 3.63) is 65.4 Å². The van der Waals surface area contributed by atoms with Crippen LogP contribution in [0.4, 0.5) is 0 Å². The summed E-state index contributed by atoms with van der Waals surface area (Å²) in [5, 5.41) is 2.11. The van der Waals surface area contributed by atoms with Crippen molar-refractivity contribution in [2.24, 2.45) is 5.92 Å². The first-order chi connectivity index (χ1) is 8.83. The molecule has 2 aromatic rings. The van der Waals surface area contributed by atoms with Gasteiger partial charge in [-0.25, -0.2) is 0 Å². The number of benzene rings is 1. The van der Waals surface area contributed by atoms with E-state index >= 15 is 0 Å². The van der Waals surface area contributed by atoms with Crippen molar-refractivity contribution in [3.8, 4) is 0 Å². The van der Waals surface area contributed by atoms with Crippen LogP contribution in [0.25, 0.3) is 17.0 Å². The van der Waals surface area contributed by atoms with Crippen molar-refractivity contribution >= 4 is 28.6 Å². The maximum absolute atomic E-state index is 5.90. The number of H-pyrrole nitrogens is 1. The van der Waals surface area contributed by atoms with E-state index in [1.807, 2.05) is 12.1 Å². The Morgan fingerprint density at radius 3 is 3.00 bits per heavy atom. The molecule has 1 N–H and O–H groups in total. The van der Waals surface area contributed by atoms with Crippen LogP contribution in [0.15, 0.2) is 59.8 Å². The molecule has 1 aliphatic carbocycles. The molecule has 0 spiro atoms. The zero-order valence-electron chi connectivity index (χ0n) is 9.94. The van der Waals surface area contributed by atoms with Crippen LogP contribution in [0.3, 0.4) is 0 Å². The molecule has 0 radical (unpaired) electrons. The molecule has 1 aromatic heterocycles. The molecular formula is C16H14ClN. The van der Waals surface area contributed by atoms with Gasteiger partial charge in [-0.1, -0.05) is 54.1 Å². The Balaban J connectivity index is 1.83. The second-order valence-corrected chi connectivity index (χ2v) is 4.93. The number of hydrogen-bond donors (Lipinski definition) is 1. The van der Waals surface area contributed by atoms with Crippen LogP contribution in [-0.4, -0.2) is 4.98 Å². The second-order valence-electron chi connectivity index (χ2n) is 4.50. The Labute approximate surface area is 111 Å². The van der Waals surface area contributed by atoms with Crippen molar-refractivity contribution in [2.75, 3.05) is 0 Å². The van der Waals surface area contributed by atoms with E-state index in [1.165, 1.54) is 16.5 Å². The molecular weight excluding hydrogens is 242 g/mol. The topological polar surface area (TPSA) is 15.8 Å². The van der Waals surface area contributed by atoms with Gasteiger partial charge >= 0.3 is 0 Å². The van der Waals surface area contributed by atoms with Crippen LogP contribution in [0.5, 0.6) is 0 Å². The number of allylic oxidation sites excluding steroid dienone is 5. The van der Waals surface area contributed by atoms with Gasteiger partial charge in [0.05, 0.1) is 0 Å². The highest BCUT2D eigenvalue weighted by Crippen LogP contribution is 2.23. The third-order valence-electron chi connectivity index (χ3n) is 3.23. The van der Waals surface area contributed by atoms with Crippen molar-refractivity contribution < 1.29 is 0 Å². The Morgan fingerprint density at radius 1 is 1.28 bits per heavy atom. The van der Waals surface area contributed by atoms with Crippen LogP contribution in [0, 0.1) is 5.92 Å². The highest BCUT2D eigenvalue weighted by Gasteiger charge is 2.04. The molecule has 1 atom stereocenters. The summed E-state index contributed by atoms with van der Waals surface area (Å²) in [4.78, 5) is 3.28. The van der Waals surface area contributed by atoms with E-state index in [0.717, 1.165) is 11.5 Å². The van der Waals surface area contributed by atoms with Gasteiger partial charge in [-0.3, -0.25) is 0 Å². The number of rotatable bonds is 2. The van der Waals surface area contributed by atoms with E-state index in [9.17, 15) is 0 Å². The normalized spacial score (nSPS) is 19.6. The molecule has 2 heteroatoms. The number of para-hydroxylation sites is 1. The number of fused-ring (bicyclic) bond motifs is 1. The molecule has 1 unspecified atom stereocenters. The van der Waals surface area contributed by atoms with Gasteiger partial charge in [0, 0.05) is 22.1 Å². The average molecular weight is 256 g/mol. The first-order valence-electron chi connectivity index (χ1n) is 6.11. The van der Waals surface area contributed by atoms with Crippen LogP contribution < -0.4 is 0 Å². The smallest absolute Gasteiger partial charge is 0.0460 e. The lowest BCUT2D eigenvalue weighted by Crippen LogP contribution is -1.93. The van der Waals surface area contributed by atoms with Crippen LogP contribution >= 0.6 is 11.6 Å². The lowest BCUT2D eigenvalue weighted by molar-refractivity contribution is 0.824. The van der Waals surface area contributed by atoms with Crippen LogP contribution in [-0.2, 0) is 0 Å². The van der Waals surface area contributed by atoms with E-state index < -0.39 is 0 Å². The fourth-order valence-corrected chi connectivity index (χ4v) is 2.37. The molecule has 90 valence electrons. The van der Waals surface area contributed by atoms with Crippen molar-refractivity contribution in [3.63, 3.8) is 0 Å². The molecule has 0 amide bonds. The SMILES string of the molecule is ClC1=CCC(/C=C/c2c[nH]c3ccccc23)C=C1. The summed E-state index contributed by atoms with van der Waals surface area (Å²) in [7, 11) is 0. The summed E-state index contributed by atoms with van der Waals surface area (Å²) in [6.45, 7) is 0. The summed E-state index contributed by atoms with van der Waals surface area (Å²) in [6.07, 6.45) is 13.6. The zero-order chi connectivity index (χ0) is 12.4. The highest BCUT2D eigenvalue weighted by atomic mass is 35.5. The first-order valence-corrected chi connectivity index (χ1v) is 6.49. The quantitative estimate of drug-likeness (QED) is 0.787. The molecule has 1 aliphatic rings. The van der Waals surface area contributed by atoms with E-state index in [-0.39, 0.29) is 0 Å². The molecule has 0 saturated carbocycles. The number of halogens is 1. The molecule has 1 aromatic carbocycles. The van der Waals surface area contributed by atoms with Gasteiger partial charge in [0.1, 0.15) is 0 Å². The summed E-state index contributed by atoms with van der Waals surface area (Å²) in [5.41, 5.74) is 2.42. The Morgan fingerprint density at radius 2 is 2.17 bits per heavy atom. The zero-order valence-corrected chi connectivity index (χ0v) is 10.7. The number of hydrogen-bond acceptors (Lipinski definition) is 0. The van der Waals surface area contributed by atoms with Gasteiger partial charge in [0.15, 0.2) is 0 Å². The van der Waals surface area contributed by atoms with Crippen LogP contribution in [0.1, 0.15) is 12.0 Å². The van der Waals surface area contributed by atoms with Crippen LogP contribution in [0.2, 0.25) is 0 Å². The van der Waals surface area contributed by atoms with Gasteiger partial charge in [-0.15, -0.1) is 0 Å². The minimum Gasteiger partial charge on any atom is -0.361 e. The Hall–Kier alpha value is -1.73. The number of nitrogens with one attached hydrogen (secondary N) is 1. The van der Waals surface area contributed by atoms with Gasteiger partial charge < -0.3 is 4.98 Å². The molecule has 1 heterocycles. The van der Waals surface area contributed by atoms with Crippen molar-refractivity contribution in [1.29, 1.82) is 0 Å². The Kier molecular flexibility index (Phi) is 3.07. The predicted octanol–water partition coefficient (Wildman–Crippen LogP) is 4.88. The van der Waals surface area contributed by atoms with E-state index in [0.29, 0.717) is 5.92 Å². The third kappa shape index (κ3) is 2.27. The Bertz CT molecular complexity index is 646. The average Bonchev–Trinajstić information content (AvgIpc) is 2.82. The lowest BCUT2D eigenvalue weighted by atomic mass is 9.99. The minimum absolute atomic E-state index is 0.446. The molecule has 3 rings (SSSR count). The standard InChI is InChI=1S/C16H14ClN/c17-14-9-6-12(7-10-14)5-8-13-11-18-16-4-2-1-3-15(13)16/h1-6,8-12,18H,7H2/b8-5+. The van der Waals surface area contributed by atoms with Gasteiger partial charge in [-0.05, 0) is 30.0 Å². The molecule has 18 heavy (non-hydrogen) atoms. The van der Waals surface area contributed by atoms with Gasteiger partial charge in [-0.2, -0.15) is 0 Å². The molecule has 0 aliphatic heterocycles. The molecule has 0 fully saturated rings. The number of aromatic amines is 1. The maximum Gasteiger partial charge on any atom is 0.0460 e. The fraction of sp³-hybridized carbons (Fsp3) is 0.125. The predicted molar refractivity (Wildman–Crippen MR) is 78.5 cm³/mol. The minimum atomic E-state index is 0.446. The van der Waals surface area contributed by atoms with Gasteiger partial charge in [0.25, 0.3) is 0 Å². The van der Waals surface area contributed by atoms with Crippen molar-refractivity contribution in [2.45, 2.75) is 6.42 Å². The maximum atomic E-state index is 5.90. The summed E-state index contributed by atoms with van der Waals surface area (Å²) in [6, 6.07) is 8.34. The lowest BCUT2D eigenvalue weighted by Gasteiger charge is -2.08. The monoisotopic (exact) mass is 255 g/mol. The number of aromatic nitrogens is 1. The second kappa shape index (κ2) is 4.87. The molecule has 0 saturated heterocycles. The van der Waals surface area contributed by atoms with E-state index in [4.69, 9.17) is 11.6 Å². The third-order valence-corrected chi connectivity index (χ3v) is 3.51. The highest BCUT2D eigenvalue weighted by molar-refractivity contribution is 6.31. The summed E-state index contributed by atoms with van der Waals surface area (Å²) in [5.74, 6) is 0.446. The molecule has 0 bridgehead atoms. The van der Waals surface area contributed by atoms with E-state index in [2.05, 4.69) is 53.7 Å². The van der Waals surface area contributed by atoms with Gasteiger partial charge in [0.2, 0.25) is 0 Å². The summed E-state index contributed by atoms with van der Waals surface area (Å²) >= 11 is 5.90. The fourth-order valence-electron chi connectivity index (χ4n) is 2.21. The van der Waals surface area contributed by atoms with Crippen molar-refractivity contribution in [1.82, 2.24) is 4.98 Å². The summed E-state index contributed by atoms with van der Waals surface area (Å²) < 4.78 is 0. The van der Waals surface area contributed by atoms with E-state index in [1.54, 1.807) is 0 Å².